The molecule has 27 heavy (non-hydrogen) atoms. The molecule has 1 aromatic carbocycles. The van der Waals surface area contributed by atoms with Crippen molar-refractivity contribution in [1.29, 1.82) is 0 Å². The molecule has 1 aliphatic heterocycles. The number of carbonyl (C=O) groups is 1. The van der Waals surface area contributed by atoms with Crippen molar-refractivity contribution >= 4 is 34.0 Å². The topological polar surface area (TPSA) is 104 Å². The van der Waals surface area contributed by atoms with Gasteiger partial charge in [0, 0.05) is 35.7 Å². The van der Waals surface area contributed by atoms with Crippen LogP contribution in [0.15, 0.2) is 41.3 Å². The van der Waals surface area contributed by atoms with Crippen molar-refractivity contribution in [2.24, 2.45) is 0 Å². The molecule has 0 saturated carbocycles. The maximum absolute atomic E-state index is 12.9. The van der Waals surface area contributed by atoms with Crippen molar-refractivity contribution in [3.8, 4) is 0 Å². The van der Waals surface area contributed by atoms with Crippen LogP contribution in [0, 0.1) is 6.92 Å². The molecule has 0 atom stereocenters. The second-order valence-electron chi connectivity index (χ2n) is 6.87. The molecule has 1 saturated heterocycles. The molecule has 0 bridgehead atoms. The Morgan fingerprint density at radius 2 is 2.00 bits per heavy atom. The number of nitrogens with zero attached hydrogens (tertiary/aromatic N) is 2. The quantitative estimate of drug-likeness (QED) is 0.664. The Balaban J connectivity index is 1.67. The third kappa shape index (κ3) is 3.36. The lowest BCUT2D eigenvalue weighted by Gasteiger charge is -2.20. The molecule has 138 valence electrons. The van der Waals surface area contributed by atoms with Crippen molar-refractivity contribution in [3.05, 3.63) is 58.0 Å². The Kier molecular flexibility index (Phi) is 4.27. The number of benzene rings is 1. The third-order valence-electron chi connectivity index (χ3n) is 4.85. The van der Waals surface area contributed by atoms with Gasteiger partial charge < -0.3 is 20.9 Å². The molecular formula is C20H21N5O2. The fourth-order valence-electron chi connectivity index (χ4n) is 3.52. The number of carbonyl (C=O) groups excluding carboxylic acids is 1. The Hall–Kier alpha value is -3.35. The van der Waals surface area contributed by atoms with Crippen LogP contribution in [0.3, 0.4) is 0 Å². The van der Waals surface area contributed by atoms with E-state index in [0.717, 1.165) is 42.4 Å². The van der Waals surface area contributed by atoms with Gasteiger partial charge in [-0.1, -0.05) is 0 Å². The maximum atomic E-state index is 12.9. The molecule has 0 spiro atoms. The fraction of sp³-hybridized carbons (Fsp3) is 0.250. The Morgan fingerprint density at radius 1 is 1.22 bits per heavy atom. The number of nitrogens with two attached hydrogens (primary N) is 1. The number of pyridine rings is 2. The minimum absolute atomic E-state index is 0.141. The van der Waals surface area contributed by atoms with E-state index < -0.39 is 0 Å². The van der Waals surface area contributed by atoms with Crippen LogP contribution < -0.4 is 21.5 Å². The molecule has 1 aliphatic rings. The normalized spacial score (nSPS) is 13.9. The smallest absolute Gasteiger partial charge is 0.259 e. The summed E-state index contributed by atoms with van der Waals surface area (Å²) in [5.41, 5.74) is 8.89. The van der Waals surface area contributed by atoms with Crippen LogP contribution in [0.5, 0.6) is 0 Å². The lowest BCUT2D eigenvalue weighted by molar-refractivity contribution is 0.102. The van der Waals surface area contributed by atoms with Crippen molar-refractivity contribution in [3.63, 3.8) is 0 Å². The Bertz CT molecular complexity index is 1080. The summed E-state index contributed by atoms with van der Waals surface area (Å²) >= 11 is 0. The van der Waals surface area contributed by atoms with Crippen molar-refractivity contribution in [2.75, 3.05) is 29.0 Å². The van der Waals surface area contributed by atoms with Crippen molar-refractivity contribution in [1.82, 2.24) is 9.97 Å². The van der Waals surface area contributed by atoms with Gasteiger partial charge in [-0.05, 0) is 49.6 Å². The highest BCUT2D eigenvalue weighted by Gasteiger charge is 2.21. The van der Waals surface area contributed by atoms with Gasteiger partial charge in [-0.3, -0.25) is 9.59 Å². The second-order valence-corrected chi connectivity index (χ2v) is 6.87. The summed E-state index contributed by atoms with van der Waals surface area (Å²) < 4.78 is 0. The predicted molar refractivity (Wildman–Crippen MR) is 107 cm³/mol. The standard InChI is InChI=1S/C20H21N5O2/c1-12-8-18(26)24-17-5-4-14(10-15(12)17)23-20(27)16-9-13(21)11-22-19(16)25-6-2-3-7-25/h4-5,8-11H,2-3,6-7,21H2,1H3,(H,23,27)(H,24,26). The minimum atomic E-state index is -0.252. The number of aromatic amines is 1. The number of H-pyrrole nitrogens is 1. The summed E-state index contributed by atoms with van der Waals surface area (Å²) in [6.07, 6.45) is 3.77. The molecule has 4 N–H and O–H groups in total. The van der Waals surface area contributed by atoms with Gasteiger partial charge >= 0.3 is 0 Å². The molecule has 0 radical (unpaired) electrons. The van der Waals surface area contributed by atoms with E-state index in [4.69, 9.17) is 5.73 Å². The average molecular weight is 363 g/mol. The van der Waals surface area contributed by atoms with Gasteiger partial charge in [-0.2, -0.15) is 0 Å². The highest BCUT2D eigenvalue weighted by molar-refractivity contribution is 6.08. The maximum Gasteiger partial charge on any atom is 0.259 e. The number of nitrogen functional groups attached to an aromatic ring is 1. The van der Waals surface area contributed by atoms with E-state index in [2.05, 4.69) is 20.2 Å². The van der Waals surface area contributed by atoms with Crippen LogP contribution in [0.4, 0.5) is 17.2 Å². The summed E-state index contributed by atoms with van der Waals surface area (Å²) in [5, 5.41) is 3.82. The van der Waals surface area contributed by atoms with Crippen LogP contribution in [0.25, 0.3) is 10.9 Å². The van der Waals surface area contributed by atoms with Gasteiger partial charge in [-0.25, -0.2) is 4.98 Å². The van der Waals surface area contributed by atoms with Crippen LogP contribution in [-0.4, -0.2) is 29.0 Å². The molecule has 0 unspecified atom stereocenters. The highest BCUT2D eigenvalue weighted by atomic mass is 16.1. The van der Waals surface area contributed by atoms with Gasteiger partial charge in [0.05, 0.1) is 17.4 Å². The van der Waals surface area contributed by atoms with Gasteiger partial charge in [0.1, 0.15) is 5.82 Å². The van der Waals surface area contributed by atoms with Crippen LogP contribution in [0.1, 0.15) is 28.8 Å². The molecule has 3 heterocycles. The first-order valence-electron chi connectivity index (χ1n) is 8.97. The van der Waals surface area contributed by atoms with Crippen molar-refractivity contribution in [2.45, 2.75) is 19.8 Å². The number of rotatable bonds is 3. The molecular weight excluding hydrogens is 342 g/mol. The molecule has 2 aromatic heterocycles. The third-order valence-corrected chi connectivity index (χ3v) is 4.85. The van der Waals surface area contributed by atoms with E-state index >= 15 is 0 Å². The number of hydrogen-bond acceptors (Lipinski definition) is 5. The number of anilines is 3. The molecule has 1 amide bonds. The summed E-state index contributed by atoms with van der Waals surface area (Å²) in [4.78, 5) is 33.8. The molecule has 4 rings (SSSR count). The molecule has 1 fully saturated rings. The number of hydrogen-bond donors (Lipinski definition) is 3. The number of amides is 1. The lowest BCUT2D eigenvalue weighted by Crippen LogP contribution is -2.24. The Labute approximate surface area is 156 Å². The first kappa shape index (κ1) is 17.1. The summed E-state index contributed by atoms with van der Waals surface area (Å²) in [6, 6.07) is 8.62. The molecule has 7 heteroatoms. The largest absolute Gasteiger partial charge is 0.397 e. The second kappa shape index (κ2) is 6.75. The number of aromatic nitrogens is 2. The van der Waals surface area contributed by atoms with Gasteiger partial charge in [0.25, 0.3) is 5.91 Å². The van der Waals surface area contributed by atoms with E-state index in [1.54, 1.807) is 30.5 Å². The first-order valence-corrected chi connectivity index (χ1v) is 8.97. The van der Waals surface area contributed by atoms with Crippen LogP contribution >= 0.6 is 0 Å². The van der Waals surface area contributed by atoms with Crippen LogP contribution in [0.2, 0.25) is 0 Å². The summed E-state index contributed by atoms with van der Waals surface area (Å²) in [7, 11) is 0. The predicted octanol–water partition coefficient (Wildman–Crippen LogP) is 2.67. The Morgan fingerprint density at radius 3 is 2.78 bits per heavy atom. The highest BCUT2D eigenvalue weighted by Crippen LogP contribution is 2.26. The van der Waals surface area contributed by atoms with Gasteiger partial charge in [0.2, 0.25) is 5.56 Å². The monoisotopic (exact) mass is 363 g/mol. The SMILES string of the molecule is Cc1cc(=O)[nH]c2ccc(NC(=O)c3cc(N)cnc3N3CCCC3)cc12. The minimum Gasteiger partial charge on any atom is -0.397 e. The van der Waals surface area contributed by atoms with Gasteiger partial charge in [0.15, 0.2) is 0 Å². The number of nitrogens with one attached hydrogen (secondary N) is 2. The zero-order chi connectivity index (χ0) is 19.0. The van der Waals surface area contributed by atoms with E-state index in [-0.39, 0.29) is 11.5 Å². The molecule has 3 aromatic rings. The summed E-state index contributed by atoms with van der Waals surface area (Å²) in [6.45, 7) is 3.65. The number of aryl methyl sites for hydroxylation is 1. The zero-order valence-corrected chi connectivity index (χ0v) is 15.1. The van der Waals surface area contributed by atoms with E-state index in [1.165, 1.54) is 0 Å². The molecule has 7 nitrogen and oxygen atoms in total. The van der Waals surface area contributed by atoms with Crippen molar-refractivity contribution < 1.29 is 4.79 Å². The van der Waals surface area contributed by atoms with Crippen LogP contribution in [-0.2, 0) is 0 Å². The van der Waals surface area contributed by atoms with E-state index in [1.807, 2.05) is 13.0 Å². The summed E-state index contributed by atoms with van der Waals surface area (Å²) in [5.74, 6) is 0.415. The first-order chi connectivity index (χ1) is 13.0. The average Bonchev–Trinajstić information content (AvgIpc) is 3.16. The van der Waals surface area contributed by atoms with E-state index in [0.29, 0.717) is 22.8 Å². The fourth-order valence-corrected chi connectivity index (χ4v) is 3.52. The molecule has 0 aliphatic carbocycles. The number of fused-ring (bicyclic) bond motifs is 1. The van der Waals surface area contributed by atoms with E-state index in [9.17, 15) is 9.59 Å². The lowest BCUT2D eigenvalue weighted by atomic mass is 10.1. The zero-order valence-electron chi connectivity index (χ0n) is 15.1. The van der Waals surface area contributed by atoms with Gasteiger partial charge in [-0.15, -0.1) is 0 Å².